The van der Waals surface area contributed by atoms with Crippen molar-refractivity contribution in [1.82, 2.24) is 4.90 Å². The summed E-state index contributed by atoms with van der Waals surface area (Å²) in [5.74, 6) is -0.170. The van der Waals surface area contributed by atoms with Gasteiger partial charge < -0.3 is 10.2 Å². The van der Waals surface area contributed by atoms with Crippen LogP contribution in [0.15, 0.2) is 35.7 Å². The van der Waals surface area contributed by atoms with Gasteiger partial charge in [0.2, 0.25) is 5.91 Å². The zero-order valence-corrected chi connectivity index (χ0v) is 15.1. The Morgan fingerprint density at radius 3 is 2.58 bits per heavy atom. The number of halogens is 2. The molecule has 1 aliphatic rings. The number of rotatable bonds is 3. The van der Waals surface area contributed by atoms with E-state index in [2.05, 4.69) is 5.32 Å². The summed E-state index contributed by atoms with van der Waals surface area (Å²) < 4.78 is 0. The van der Waals surface area contributed by atoms with Crippen LogP contribution in [-0.2, 0) is 4.79 Å². The normalized spacial score (nSPS) is 15.3. The topological polar surface area (TPSA) is 49.4 Å². The van der Waals surface area contributed by atoms with Gasteiger partial charge in [-0.3, -0.25) is 9.59 Å². The molecule has 1 fully saturated rings. The van der Waals surface area contributed by atoms with Gasteiger partial charge in [0.25, 0.3) is 5.91 Å². The number of nitrogens with one attached hydrogen (secondary N) is 1. The van der Waals surface area contributed by atoms with Crippen LogP contribution in [-0.4, -0.2) is 29.8 Å². The summed E-state index contributed by atoms with van der Waals surface area (Å²) in [5, 5.41) is 5.70. The predicted molar refractivity (Wildman–Crippen MR) is 98.0 cm³/mol. The number of hydrogen-bond donors (Lipinski definition) is 1. The SMILES string of the molecule is O=C(Nc1cc(Cl)ccc1Cl)C1CCN(C(=O)c2cccs2)CC1. The molecule has 126 valence electrons. The summed E-state index contributed by atoms with van der Waals surface area (Å²) in [6.07, 6.45) is 1.28. The molecule has 0 aliphatic carbocycles. The molecule has 2 heterocycles. The second kappa shape index (κ2) is 7.55. The minimum atomic E-state index is -0.132. The standard InChI is InChI=1S/C17H16Cl2N2O2S/c18-12-3-4-13(19)14(10-12)20-16(22)11-5-7-21(8-6-11)17(23)15-2-1-9-24-15/h1-4,9-11H,5-8H2,(H,20,22). The van der Waals surface area contributed by atoms with Crippen molar-refractivity contribution in [1.29, 1.82) is 0 Å². The fourth-order valence-corrected chi connectivity index (χ4v) is 3.76. The van der Waals surface area contributed by atoms with Gasteiger partial charge in [-0.15, -0.1) is 11.3 Å². The van der Waals surface area contributed by atoms with E-state index in [-0.39, 0.29) is 17.7 Å². The van der Waals surface area contributed by atoms with Gasteiger partial charge in [-0.05, 0) is 42.5 Å². The highest BCUT2D eigenvalue weighted by Crippen LogP contribution is 2.27. The molecule has 1 aromatic carbocycles. The van der Waals surface area contributed by atoms with E-state index in [0.29, 0.717) is 41.7 Å². The Bertz CT molecular complexity index is 741. The van der Waals surface area contributed by atoms with E-state index in [0.717, 1.165) is 4.88 Å². The van der Waals surface area contributed by atoms with Gasteiger partial charge in [-0.25, -0.2) is 0 Å². The van der Waals surface area contributed by atoms with Crippen molar-refractivity contribution >= 4 is 52.0 Å². The van der Waals surface area contributed by atoms with Gasteiger partial charge in [-0.2, -0.15) is 0 Å². The molecule has 7 heteroatoms. The number of benzene rings is 1. The third-order valence-electron chi connectivity index (χ3n) is 4.07. The largest absolute Gasteiger partial charge is 0.338 e. The minimum Gasteiger partial charge on any atom is -0.338 e. The van der Waals surface area contributed by atoms with Crippen molar-refractivity contribution in [3.05, 3.63) is 50.6 Å². The van der Waals surface area contributed by atoms with E-state index >= 15 is 0 Å². The van der Waals surface area contributed by atoms with Gasteiger partial charge in [0.05, 0.1) is 15.6 Å². The van der Waals surface area contributed by atoms with Crippen LogP contribution in [0.4, 0.5) is 5.69 Å². The van der Waals surface area contributed by atoms with E-state index < -0.39 is 0 Å². The molecule has 1 aliphatic heterocycles. The molecule has 0 bridgehead atoms. The zero-order valence-electron chi connectivity index (χ0n) is 12.8. The lowest BCUT2D eigenvalue weighted by molar-refractivity contribution is -0.121. The number of likely N-dealkylation sites (tertiary alicyclic amines) is 1. The number of carbonyl (C=O) groups is 2. The van der Waals surface area contributed by atoms with Gasteiger partial charge in [0.15, 0.2) is 0 Å². The van der Waals surface area contributed by atoms with Gasteiger partial charge in [-0.1, -0.05) is 29.3 Å². The molecule has 1 N–H and O–H groups in total. The Balaban J connectivity index is 1.57. The summed E-state index contributed by atoms with van der Waals surface area (Å²) in [4.78, 5) is 27.3. The van der Waals surface area contributed by atoms with Crippen LogP contribution in [0.1, 0.15) is 22.5 Å². The maximum Gasteiger partial charge on any atom is 0.263 e. The van der Waals surface area contributed by atoms with Crippen LogP contribution < -0.4 is 5.32 Å². The summed E-state index contributed by atoms with van der Waals surface area (Å²) in [5.41, 5.74) is 0.520. The second-order valence-electron chi connectivity index (χ2n) is 5.66. The molecule has 2 aromatic rings. The summed E-state index contributed by atoms with van der Waals surface area (Å²) in [6.45, 7) is 1.16. The number of amides is 2. The molecule has 4 nitrogen and oxygen atoms in total. The molecule has 0 saturated carbocycles. The highest BCUT2D eigenvalue weighted by molar-refractivity contribution is 7.12. The Labute approximate surface area is 154 Å². The molecular formula is C17H16Cl2N2O2S. The van der Waals surface area contributed by atoms with Crippen LogP contribution in [0.25, 0.3) is 0 Å². The quantitative estimate of drug-likeness (QED) is 0.846. The Morgan fingerprint density at radius 2 is 1.92 bits per heavy atom. The first-order valence-electron chi connectivity index (χ1n) is 7.63. The molecule has 0 spiro atoms. The molecule has 0 radical (unpaired) electrons. The molecule has 0 atom stereocenters. The summed E-state index contributed by atoms with van der Waals surface area (Å²) in [6, 6.07) is 8.66. The number of piperidine rings is 1. The lowest BCUT2D eigenvalue weighted by Gasteiger charge is -2.31. The average Bonchev–Trinajstić information content (AvgIpc) is 3.12. The maximum atomic E-state index is 12.4. The molecule has 0 unspecified atom stereocenters. The number of carbonyl (C=O) groups excluding carboxylic acids is 2. The van der Waals surface area contributed by atoms with Gasteiger partial charge >= 0.3 is 0 Å². The summed E-state index contributed by atoms with van der Waals surface area (Å²) >= 11 is 13.5. The van der Waals surface area contributed by atoms with E-state index in [9.17, 15) is 9.59 Å². The second-order valence-corrected chi connectivity index (χ2v) is 7.45. The van der Waals surface area contributed by atoms with Crippen molar-refractivity contribution in [3.8, 4) is 0 Å². The average molecular weight is 383 g/mol. The van der Waals surface area contributed by atoms with Crippen molar-refractivity contribution < 1.29 is 9.59 Å². The first-order valence-corrected chi connectivity index (χ1v) is 9.27. The molecule has 1 aromatic heterocycles. The third-order valence-corrected chi connectivity index (χ3v) is 5.49. The van der Waals surface area contributed by atoms with E-state index in [1.54, 1.807) is 18.2 Å². The monoisotopic (exact) mass is 382 g/mol. The Morgan fingerprint density at radius 1 is 1.17 bits per heavy atom. The van der Waals surface area contributed by atoms with E-state index in [1.165, 1.54) is 11.3 Å². The van der Waals surface area contributed by atoms with Gasteiger partial charge in [0, 0.05) is 24.0 Å². The molecule has 2 amide bonds. The molecule has 1 saturated heterocycles. The highest BCUT2D eigenvalue weighted by atomic mass is 35.5. The number of nitrogens with zero attached hydrogens (tertiary/aromatic N) is 1. The lowest BCUT2D eigenvalue weighted by atomic mass is 9.95. The Hall–Kier alpha value is -1.56. The number of anilines is 1. The number of thiophene rings is 1. The summed E-state index contributed by atoms with van der Waals surface area (Å²) in [7, 11) is 0. The van der Waals surface area contributed by atoms with Crippen LogP contribution in [0.2, 0.25) is 10.0 Å². The zero-order chi connectivity index (χ0) is 17.1. The highest BCUT2D eigenvalue weighted by Gasteiger charge is 2.28. The number of hydrogen-bond acceptors (Lipinski definition) is 3. The molecule has 24 heavy (non-hydrogen) atoms. The van der Waals surface area contributed by atoms with Gasteiger partial charge in [0.1, 0.15) is 0 Å². The molecular weight excluding hydrogens is 367 g/mol. The third kappa shape index (κ3) is 3.91. The predicted octanol–water partition coefficient (Wildman–Crippen LogP) is 4.55. The van der Waals surface area contributed by atoms with E-state index in [1.807, 2.05) is 22.4 Å². The first-order chi connectivity index (χ1) is 11.5. The lowest BCUT2D eigenvalue weighted by Crippen LogP contribution is -2.41. The maximum absolute atomic E-state index is 12.4. The van der Waals surface area contributed by atoms with Crippen molar-refractivity contribution in [3.63, 3.8) is 0 Å². The van der Waals surface area contributed by atoms with Crippen molar-refractivity contribution in [2.45, 2.75) is 12.8 Å². The van der Waals surface area contributed by atoms with E-state index in [4.69, 9.17) is 23.2 Å². The minimum absolute atomic E-state index is 0.0433. The molecule has 3 rings (SSSR count). The van der Waals surface area contributed by atoms with Crippen molar-refractivity contribution in [2.75, 3.05) is 18.4 Å². The van der Waals surface area contributed by atoms with Crippen LogP contribution in [0.3, 0.4) is 0 Å². The fourth-order valence-electron chi connectivity index (χ4n) is 2.73. The van der Waals surface area contributed by atoms with Crippen LogP contribution >= 0.6 is 34.5 Å². The Kier molecular flexibility index (Phi) is 5.43. The first kappa shape index (κ1) is 17.3. The van der Waals surface area contributed by atoms with Crippen LogP contribution in [0.5, 0.6) is 0 Å². The smallest absolute Gasteiger partial charge is 0.263 e. The van der Waals surface area contributed by atoms with Crippen LogP contribution in [0, 0.1) is 5.92 Å². The fraction of sp³-hybridized carbons (Fsp3) is 0.294. The van der Waals surface area contributed by atoms with Crippen molar-refractivity contribution in [2.24, 2.45) is 5.92 Å².